The van der Waals surface area contributed by atoms with E-state index in [0.717, 1.165) is 0 Å². The van der Waals surface area contributed by atoms with E-state index >= 15 is 0 Å². The average molecular weight is 424 g/mol. The Bertz CT molecular complexity index is 759. The van der Waals surface area contributed by atoms with E-state index < -0.39 is 35.7 Å². The molecule has 1 heterocycles. The van der Waals surface area contributed by atoms with Crippen LogP contribution >= 0.6 is 0 Å². The molecule has 0 saturated carbocycles. The zero-order valence-electron chi connectivity index (χ0n) is 18.7. The number of aromatic nitrogens is 2. The van der Waals surface area contributed by atoms with Gasteiger partial charge in [-0.15, -0.1) is 10.2 Å². The van der Waals surface area contributed by atoms with Crippen molar-refractivity contribution in [2.24, 2.45) is 11.8 Å². The molecule has 10 heteroatoms. The molecule has 0 unspecified atom stereocenters. The number of nitrogens with one attached hydrogen (secondary N) is 3. The molecule has 0 aromatic carbocycles. The van der Waals surface area contributed by atoms with E-state index in [1.165, 1.54) is 13.8 Å². The van der Waals surface area contributed by atoms with Crippen molar-refractivity contribution >= 4 is 23.5 Å². The summed E-state index contributed by atoms with van der Waals surface area (Å²) in [5.74, 6) is -1.45. The van der Waals surface area contributed by atoms with Crippen molar-refractivity contribution in [2.75, 3.05) is 0 Å². The second kappa shape index (κ2) is 11.4. The third kappa shape index (κ3) is 8.30. The van der Waals surface area contributed by atoms with Crippen molar-refractivity contribution in [3.8, 4) is 0 Å². The topological polar surface area (TPSA) is 143 Å². The SMILES string of the molecule is CC(=O)N[C@H](CC(C)C)C(=O)N[C@H](CC(C)C)C(=O)N[C@H](C)C(=O)c1nnc(C)o1. The minimum absolute atomic E-state index is 0.106. The highest BCUT2D eigenvalue weighted by molar-refractivity contribution is 5.99. The van der Waals surface area contributed by atoms with E-state index in [9.17, 15) is 19.2 Å². The van der Waals surface area contributed by atoms with E-state index in [1.54, 1.807) is 6.92 Å². The largest absolute Gasteiger partial charge is 0.419 e. The van der Waals surface area contributed by atoms with Crippen LogP contribution in [0.25, 0.3) is 0 Å². The summed E-state index contributed by atoms with van der Waals surface area (Å²) in [4.78, 5) is 49.4. The first-order valence-electron chi connectivity index (χ1n) is 10.1. The maximum Gasteiger partial charge on any atom is 0.286 e. The molecule has 1 rings (SSSR count). The molecule has 0 fully saturated rings. The molecule has 10 nitrogen and oxygen atoms in total. The molecular formula is C20H33N5O5. The monoisotopic (exact) mass is 423 g/mol. The molecule has 1 aromatic rings. The lowest BCUT2D eigenvalue weighted by molar-refractivity contribution is -0.132. The third-order valence-corrected chi connectivity index (χ3v) is 4.23. The van der Waals surface area contributed by atoms with Gasteiger partial charge in [0.15, 0.2) is 0 Å². The predicted octanol–water partition coefficient (Wildman–Crippen LogP) is 1.15. The molecule has 168 valence electrons. The first-order valence-corrected chi connectivity index (χ1v) is 10.1. The molecule has 0 bridgehead atoms. The number of hydrogen-bond acceptors (Lipinski definition) is 7. The van der Waals surface area contributed by atoms with Crippen LogP contribution in [0.1, 0.15) is 71.0 Å². The van der Waals surface area contributed by atoms with Crippen molar-refractivity contribution in [3.63, 3.8) is 0 Å². The van der Waals surface area contributed by atoms with E-state index in [0.29, 0.717) is 12.8 Å². The number of amides is 3. The van der Waals surface area contributed by atoms with E-state index in [4.69, 9.17) is 4.42 Å². The van der Waals surface area contributed by atoms with Gasteiger partial charge >= 0.3 is 0 Å². The molecule has 0 saturated heterocycles. The first kappa shape index (κ1) is 25.3. The van der Waals surface area contributed by atoms with Gasteiger partial charge in [0, 0.05) is 13.8 Å². The fourth-order valence-corrected chi connectivity index (χ4v) is 2.88. The van der Waals surface area contributed by atoms with Crippen LogP contribution in [-0.2, 0) is 14.4 Å². The fraction of sp³-hybridized carbons (Fsp3) is 0.700. The molecule has 30 heavy (non-hydrogen) atoms. The molecule has 0 aliphatic heterocycles. The van der Waals surface area contributed by atoms with Crippen LogP contribution in [0.4, 0.5) is 0 Å². The molecule has 0 aliphatic carbocycles. The summed E-state index contributed by atoms with van der Waals surface area (Å²) in [6.45, 7) is 12.1. The predicted molar refractivity (Wildman–Crippen MR) is 109 cm³/mol. The minimum Gasteiger partial charge on any atom is -0.419 e. The van der Waals surface area contributed by atoms with E-state index in [2.05, 4.69) is 26.1 Å². The Morgan fingerprint density at radius 2 is 1.33 bits per heavy atom. The Kier molecular flexibility index (Phi) is 9.61. The molecule has 1 aromatic heterocycles. The van der Waals surface area contributed by atoms with E-state index in [-0.39, 0.29) is 29.5 Å². The van der Waals surface area contributed by atoms with Gasteiger partial charge in [-0.2, -0.15) is 0 Å². The summed E-state index contributed by atoms with van der Waals surface area (Å²) in [7, 11) is 0. The number of carbonyl (C=O) groups excluding carboxylic acids is 4. The molecule has 3 atom stereocenters. The number of nitrogens with zero attached hydrogens (tertiary/aromatic N) is 2. The highest BCUT2D eigenvalue weighted by atomic mass is 16.4. The number of rotatable bonds is 11. The van der Waals surface area contributed by atoms with Gasteiger partial charge in [-0.3, -0.25) is 19.2 Å². The lowest BCUT2D eigenvalue weighted by Gasteiger charge is -2.25. The maximum absolute atomic E-state index is 12.8. The van der Waals surface area contributed by atoms with Gasteiger partial charge in [-0.1, -0.05) is 27.7 Å². The van der Waals surface area contributed by atoms with Crippen LogP contribution in [0.2, 0.25) is 0 Å². The van der Waals surface area contributed by atoms with Crippen molar-refractivity contribution in [1.82, 2.24) is 26.1 Å². The maximum atomic E-state index is 12.8. The summed E-state index contributed by atoms with van der Waals surface area (Å²) in [6, 6.07) is -2.52. The number of carbonyl (C=O) groups is 4. The lowest BCUT2D eigenvalue weighted by Crippen LogP contribution is -2.55. The van der Waals surface area contributed by atoms with Crippen LogP contribution in [0.5, 0.6) is 0 Å². The second-order valence-electron chi connectivity index (χ2n) is 8.29. The molecule has 3 amide bonds. The highest BCUT2D eigenvalue weighted by Gasteiger charge is 2.30. The lowest BCUT2D eigenvalue weighted by atomic mass is 9.99. The molecule has 0 aliphatic rings. The molecule has 0 radical (unpaired) electrons. The Morgan fingerprint density at radius 3 is 1.77 bits per heavy atom. The van der Waals surface area contributed by atoms with Crippen LogP contribution in [0.3, 0.4) is 0 Å². The van der Waals surface area contributed by atoms with Gasteiger partial charge in [-0.05, 0) is 31.6 Å². The number of Topliss-reactive ketones (excluding diaryl/α,β-unsaturated/α-hetero) is 1. The van der Waals surface area contributed by atoms with Crippen LogP contribution < -0.4 is 16.0 Å². The third-order valence-electron chi connectivity index (χ3n) is 4.23. The summed E-state index contributed by atoms with van der Waals surface area (Å²) in [5.41, 5.74) is 0. The summed E-state index contributed by atoms with van der Waals surface area (Å²) in [6.07, 6.45) is 0.805. The second-order valence-corrected chi connectivity index (χ2v) is 8.29. The quantitative estimate of drug-likeness (QED) is 0.453. The zero-order chi connectivity index (χ0) is 23.0. The number of ketones is 1. The van der Waals surface area contributed by atoms with Crippen LogP contribution in [0, 0.1) is 18.8 Å². The molecule has 3 N–H and O–H groups in total. The van der Waals surface area contributed by atoms with Crippen molar-refractivity contribution < 1.29 is 23.6 Å². The van der Waals surface area contributed by atoms with Crippen molar-refractivity contribution in [1.29, 1.82) is 0 Å². The van der Waals surface area contributed by atoms with E-state index in [1.807, 2.05) is 27.7 Å². The van der Waals surface area contributed by atoms with Crippen molar-refractivity contribution in [2.45, 2.75) is 79.4 Å². The highest BCUT2D eigenvalue weighted by Crippen LogP contribution is 2.10. The van der Waals surface area contributed by atoms with Gasteiger partial charge in [0.1, 0.15) is 12.1 Å². The normalized spacial score (nSPS) is 14.2. The summed E-state index contributed by atoms with van der Waals surface area (Å²) >= 11 is 0. The first-order chi connectivity index (χ1) is 13.9. The van der Waals surface area contributed by atoms with Crippen LogP contribution in [-0.4, -0.2) is 51.8 Å². The average Bonchev–Trinajstić information content (AvgIpc) is 3.04. The van der Waals surface area contributed by atoms with Gasteiger partial charge in [0.25, 0.3) is 5.89 Å². The number of hydrogen-bond donors (Lipinski definition) is 3. The standard InChI is InChI=1S/C20H33N5O5/c1-10(2)8-15(22-13(6)26)19(29)23-16(9-11(3)4)18(28)21-12(5)17(27)20-25-24-14(7)30-20/h10-12,15-16H,8-9H2,1-7H3,(H,21,28)(H,22,26)(H,23,29)/t12-,15-,16-/m1/s1. The van der Waals surface area contributed by atoms with Gasteiger partial charge in [0.2, 0.25) is 29.4 Å². The fourth-order valence-electron chi connectivity index (χ4n) is 2.88. The van der Waals surface area contributed by atoms with Crippen molar-refractivity contribution in [3.05, 3.63) is 11.8 Å². The minimum atomic E-state index is -0.911. The Balaban J connectivity index is 2.87. The Labute approximate surface area is 176 Å². The summed E-state index contributed by atoms with van der Waals surface area (Å²) < 4.78 is 5.11. The van der Waals surface area contributed by atoms with Crippen LogP contribution in [0.15, 0.2) is 4.42 Å². The zero-order valence-corrected chi connectivity index (χ0v) is 18.7. The Morgan fingerprint density at radius 1 is 0.833 bits per heavy atom. The van der Waals surface area contributed by atoms with Gasteiger partial charge < -0.3 is 20.4 Å². The smallest absolute Gasteiger partial charge is 0.286 e. The number of aryl methyl sites for hydroxylation is 1. The van der Waals surface area contributed by atoms with Gasteiger partial charge in [-0.25, -0.2) is 0 Å². The molecule has 0 spiro atoms. The molecular weight excluding hydrogens is 390 g/mol. The Hall–Kier alpha value is -2.78. The summed E-state index contributed by atoms with van der Waals surface area (Å²) in [5, 5.41) is 15.2. The van der Waals surface area contributed by atoms with Gasteiger partial charge in [0.05, 0.1) is 6.04 Å².